The molecule has 0 spiro atoms. The molecule has 2 aliphatic heterocycles. The first-order chi connectivity index (χ1) is 15.4. The molecule has 2 aromatic carbocycles. The van der Waals surface area contributed by atoms with Crippen LogP contribution in [-0.4, -0.2) is 49.0 Å². The minimum atomic E-state index is -0.709. The first kappa shape index (κ1) is 21.7. The van der Waals surface area contributed by atoms with Crippen molar-refractivity contribution < 1.29 is 23.9 Å². The lowest BCUT2D eigenvalue weighted by molar-refractivity contribution is -0.118. The lowest BCUT2D eigenvalue weighted by atomic mass is 9.98. The molecule has 2 aliphatic rings. The Labute approximate surface area is 187 Å². The normalized spacial score (nSPS) is 19.5. The third-order valence-electron chi connectivity index (χ3n) is 6.17. The minimum Gasteiger partial charge on any atom is -0.497 e. The van der Waals surface area contributed by atoms with E-state index >= 15 is 0 Å². The summed E-state index contributed by atoms with van der Waals surface area (Å²) in [5.74, 6) is 0.899. The standard InChI is InChI=1S/C24H27N3O5/c1-24-11-10-22(29)27(24)20-8-5-4-7-19(20)23(30)26(24)12-6-9-21(28)25-16-13-17(31-2)15-18(14-16)32-3/h4-5,7-8,13-15H,6,9-12H2,1-3H3,(H,25,28). The fourth-order valence-corrected chi connectivity index (χ4v) is 4.54. The molecule has 0 aliphatic carbocycles. The zero-order valence-electron chi connectivity index (χ0n) is 18.5. The maximum absolute atomic E-state index is 13.2. The van der Waals surface area contributed by atoms with Crippen LogP contribution in [0.15, 0.2) is 42.5 Å². The molecule has 1 atom stereocenters. The van der Waals surface area contributed by atoms with Crippen molar-refractivity contribution in [2.75, 3.05) is 31.0 Å². The number of rotatable bonds is 7. The van der Waals surface area contributed by atoms with Gasteiger partial charge in [-0.25, -0.2) is 0 Å². The molecule has 8 nitrogen and oxygen atoms in total. The Balaban J connectivity index is 1.44. The quantitative estimate of drug-likeness (QED) is 0.717. The molecule has 1 saturated heterocycles. The van der Waals surface area contributed by atoms with Gasteiger partial charge < -0.3 is 19.7 Å². The van der Waals surface area contributed by atoms with E-state index in [1.54, 1.807) is 54.4 Å². The number of carbonyl (C=O) groups is 3. The fraction of sp³-hybridized carbons (Fsp3) is 0.375. The molecule has 1 N–H and O–H groups in total. The van der Waals surface area contributed by atoms with Crippen molar-refractivity contribution in [3.63, 3.8) is 0 Å². The number of hydrogen-bond donors (Lipinski definition) is 1. The predicted octanol–water partition coefficient (Wildman–Crippen LogP) is 3.42. The van der Waals surface area contributed by atoms with E-state index in [4.69, 9.17) is 9.47 Å². The Morgan fingerprint density at radius 2 is 1.78 bits per heavy atom. The molecule has 1 fully saturated rings. The van der Waals surface area contributed by atoms with E-state index in [-0.39, 0.29) is 24.1 Å². The van der Waals surface area contributed by atoms with Crippen molar-refractivity contribution in [1.29, 1.82) is 0 Å². The Kier molecular flexibility index (Phi) is 5.78. The van der Waals surface area contributed by atoms with Gasteiger partial charge in [-0.15, -0.1) is 0 Å². The summed E-state index contributed by atoms with van der Waals surface area (Å²) in [6.45, 7) is 2.30. The van der Waals surface area contributed by atoms with Crippen LogP contribution in [0.25, 0.3) is 0 Å². The largest absolute Gasteiger partial charge is 0.497 e. The van der Waals surface area contributed by atoms with Crippen molar-refractivity contribution in [2.45, 2.75) is 38.3 Å². The number of benzene rings is 2. The van der Waals surface area contributed by atoms with Crippen molar-refractivity contribution in [3.05, 3.63) is 48.0 Å². The van der Waals surface area contributed by atoms with E-state index in [9.17, 15) is 14.4 Å². The van der Waals surface area contributed by atoms with Crippen molar-refractivity contribution in [2.24, 2.45) is 0 Å². The molecule has 0 saturated carbocycles. The topological polar surface area (TPSA) is 88.2 Å². The molecule has 0 radical (unpaired) electrons. The highest BCUT2D eigenvalue weighted by molar-refractivity contribution is 6.10. The van der Waals surface area contributed by atoms with Gasteiger partial charge in [-0.3, -0.25) is 19.3 Å². The smallest absolute Gasteiger partial charge is 0.257 e. The SMILES string of the molecule is COc1cc(NC(=O)CCCN2C(=O)c3ccccc3N3C(=O)CCC23C)cc(OC)c1. The van der Waals surface area contributed by atoms with Gasteiger partial charge in [-0.05, 0) is 31.9 Å². The Morgan fingerprint density at radius 3 is 2.47 bits per heavy atom. The summed E-state index contributed by atoms with van der Waals surface area (Å²) in [5.41, 5.74) is 1.06. The van der Waals surface area contributed by atoms with Crippen LogP contribution in [0.3, 0.4) is 0 Å². The average molecular weight is 437 g/mol. The summed E-state index contributed by atoms with van der Waals surface area (Å²) < 4.78 is 10.5. The highest BCUT2D eigenvalue weighted by Gasteiger charge is 2.52. The van der Waals surface area contributed by atoms with Crippen molar-refractivity contribution in [1.82, 2.24) is 4.90 Å². The first-order valence-corrected chi connectivity index (χ1v) is 10.6. The molecule has 8 heteroatoms. The third kappa shape index (κ3) is 3.77. The number of methoxy groups -OCH3 is 2. The van der Waals surface area contributed by atoms with Crippen LogP contribution < -0.4 is 19.7 Å². The summed E-state index contributed by atoms with van der Waals surface area (Å²) >= 11 is 0. The molecule has 168 valence electrons. The molecule has 0 bridgehead atoms. The minimum absolute atomic E-state index is 0.0159. The number of hydrogen-bond acceptors (Lipinski definition) is 5. The van der Waals surface area contributed by atoms with Gasteiger partial charge in [0.1, 0.15) is 17.2 Å². The van der Waals surface area contributed by atoms with Crippen LogP contribution in [-0.2, 0) is 9.59 Å². The van der Waals surface area contributed by atoms with Gasteiger partial charge in [0.2, 0.25) is 11.8 Å². The zero-order valence-corrected chi connectivity index (χ0v) is 18.5. The van der Waals surface area contributed by atoms with Gasteiger partial charge in [-0.2, -0.15) is 0 Å². The van der Waals surface area contributed by atoms with Crippen LogP contribution >= 0.6 is 0 Å². The Morgan fingerprint density at radius 1 is 1.09 bits per heavy atom. The molecule has 2 aromatic rings. The maximum atomic E-state index is 13.2. The predicted molar refractivity (Wildman–Crippen MR) is 120 cm³/mol. The van der Waals surface area contributed by atoms with Gasteiger partial charge >= 0.3 is 0 Å². The number of carbonyl (C=O) groups excluding carboxylic acids is 3. The summed E-state index contributed by atoms with van der Waals surface area (Å²) in [6.07, 6.45) is 1.67. The highest BCUT2D eigenvalue weighted by atomic mass is 16.5. The molecule has 0 aromatic heterocycles. The van der Waals surface area contributed by atoms with E-state index in [2.05, 4.69) is 5.32 Å². The summed E-state index contributed by atoms with van der Waals surface area (Å²) in [4.78, 5) is 41.9. The highest BCUT2D eigenvalue weighted by Crippen LogP contribution is 2.44. The number of anilines is 2. The second-order valence-corrected chi connectivity index (χ2v) is 8.17. The van der Waals surface area contributed by atoms with Gasteiger partial charge in [0.05, 0.1) is 25.5 Å². The molecule has 2 heterocycles. The second-order valence-electron chi connectivity index (χ2n) is 8.17. The molecule has 3 amide bonds. The lowest BCUT2D eigenvalue weighted by Crippen LogP contribution is -2.62. The van der Waals surface area contributed by atoms with Crippen molar-refractivity contribution in [3.8, 4) is 11.5 Å². The molecule has 4 rings (SSSR count). The summed E-state index contributed by atoms with van der Waals surface area (Å²) in [7, 11) is 3.09. The first-order valence-electron chi connectivity index (χ1n) is 10.6. The molecular formula is C24H27N3O5. The molecular weight excluding hydrogens is 410 g/mol. The summed E-state index contributed by atoms with van der Waals surface area (Å²) in [6, 6.07) is 12.4. The van der Waals surface area contributed by atoms with E-state index in [0.717, 1.165) is 0 Å². The monoisotopic (exact) mass is 437 g/mol. The van der Waals surface area contributed by atoms with Gasteiger partial charge in [0.25, 0.3) is 5.91 Å². The average Bonchev–Trinajstić information content (AvgIpc) is 3.10. The van der Waals surface area contributed by atoms with E-state index < -0.39 is 5.66 Å². The number of nitrogens with one attached hydrogen (secondary N) is 1. The van der Waals surface area contributed by atoms with Gasteiger partial charge in [-0.1, -0.05) is 12.1 Å². The van der Waals surface area contributed by atoms with E-state index in [0.29, 0.717) is 54.2 Å². The Bertz CT molecular complexity index is 1050. The molecule has 1 unspecified atom stereocenters. The van der Waals surface area contributed by atoms with Crippen LogP contribution in [0.1, 0.15) is 43.0 Å². The molecule has 32 heavy (non-hydrogen) atoms. The fourth-order valence-electron chi connectivity index (χ4n) is 4.54. The zero-order chi connectivity index (χ0) is 22.9. The number of fused-ring (bicyclic) bond motifs is 3. The Hall–Kier alpha value is -3.55. The maximum Gasteiger partial charge on any atom is 0.257 e. The second kappa shape index (κ2) is 8.53. The number of para-hydroxylation sites is 1. The van der Waals surface area contributed by atoms with E-state index in [1.807, 2.05) is 19.1 Å². The third-order valence-corrected chi connectivity index (χ3v) is 6.17. The van der Waals surface area contributed by atoms with E-state index in [1.165, 1.54) is 0 Å². The van der Waals surface area contributed by atoms with Crippen LogP contribution in [0.2, 0.25) is 0 Å². The van der Waals surface area contributed by atoms with Gasteiger partial charge in [0.15, 0.2) is 0 Å². The number of nitrogens with zero attached hydrogens (tertiary/aromatic N) is 2. The van der Waals surface area contributed by atoms with Crippen LogP contribution in [0, 0.1) is 0 Å². The van der Waals surface area contributed by atoms with Crippen LogP contribution in [0.5, 0.6) is 11.5 Å². The number of ether oxygens (including phenoxy) is 2. The van der Waals surface area contributed by atoms with Crippen molar-refractivity contribution >= 4 is 29.1 Å². The van der Waals surface area contributed by atoms with Crippen LogP contribution in [0.4, 0.5) is 11.4 Å². The van der Waals surface area contributed by atoms with Gasteiger partial charge in [0, 0.05) is 43.3 Å². The lowest BCUT2D eigenvalue weighted by Gasteiger charge is -2.48. The number of amides is 3. The summed E-state index contributed by atoms with van der Waals surface area (Å²) in [5, 5.41) is 2.85.